The molecule has 0 radical (unpaired) electrons. The Hall–Kier alpha value is -1.16. The number of amides is 1. The average molecular weight is 304 g/mol. The topological polar surface area (TPSA) is 41.1 Å². The van der Waals surface area contributed by atoms with Crippen molar-refractivity contribution in [2.24, 2.45) is 0 Å². The van der Waals surface area contributed by atoms with Crippen molar-refractivity contribution < 1.29 is 4.79 Å². The number of para-hydroxylation sites is 1. The van der Waals surface area contributed by atoms with E-state index in [1.807, 2.05) is 23.9 Å². The third-order valence-corrected chi connectivity index (χ3v) is 5.89. The smallest absolute Gasteiger partial charge is 0.227 e. The van der Waals surface area contributed by atoms with Crippen molar-refractivity contribution in [2.45, 2.75) is 49.3 Å². The van der Waals surface area contributed by atoms with E-state index in [1.54, 1.807) is 0 Å². The number of rotatable bonds is 3. The second-order valence-corrected chi connectivity index (χ2v) is 7.21. The maximum absolute atomic E-state index is 12.6. The highest BCUT2D eigenvalue weighted by Gasteiger charge is 2.29. The molecule has 21 heavy (non-hydrogen) atoms. The summed E-state index contributed by atoms with van der Waals surface area (Å²) < 4.78 is 0. The molecule has 0 spiro atoms. The lowest BCUT2D eigenvalue weighted by Crippen LogP contribution is -2.41. The van der Waals surface area contributed by atoms with Crippen molar-refractivity contribution >= 4 is 23.4 Å². The number of fused-ring (bicyclic) bond motifs is 1. The van der Waals surface area contributed by atoms with E-state index in [0.717, 1.165) is 42.3 Å². The Morgan fingerprint density at radius 3 is 2.71 bits per heavy atom. The van der Waals surface area contributed by atoms with E-state index in [-0.39, 0.29) is 11.8 Å². The van der Waals surface area contributed by atoms with Crippen LogP contribution < -0.4 is 10.6 Å². The van der Waals surface area contributed by atoms with Crippen LogP contribution in [-0.4, -0.2) is 30.0 Å². The predicted molar refractivity (Wildman–Crippen MR) is 90.0 cm³/mol. The van der Waals surface area contributed by atoms with Crippen LogP contribution in [0.5, 0.6) is 0 Å². The van der Waals surface area contributed by atoms with Gasteiger partial charge in [0.15, 0.2) is 0 Å². The molecular weight excluding hydrogens is 280 g/mol. The van der Waals surface area contributed by atoms with Crippen LogP contribution in [0.1, 0.15) is 43.6 Å². The lowest BCUT2D eigenvalue weighted by Gasteiger charge is -2.31. The molecule has 3 nitrogen and oxygen atoms in total. The molecule has 1 aliphatic heterocycles. The van der Waals surface area contributed by atoms with Crippen molar-refractivity contribution in [1.29, 1.82) is 0 Å². The van der Waals surface area contributed by atoms with Gasteiger partial charge in [0.25, 0.3) is 0 Å². The quantitative estimate of drug-likeness (QED) is 0.899. The van der Waals surface area contributed by atoms with Gasteiger partial charge < -0.3 is 10.6 Å². The van der Waals surface area contributed by atoms with Crippen molar-refractivity contribution in [3.05, 3.63) is 29.8 Å². The first-order chi connectivity index (χ1) is 10.3. The minimum Gasteiger partial charge on any atom is -0.385 e. The number of hydrogen-bond acceptors (Lipinski definition) is 3. The molecule has 1 saturated carbocycles. The maximum atomic E-state index is 12.6. The van der Waals surface area contributed by atoms with E-state index in [9.17, 15) is 4.79 Å². The predicted octanol–water partition coefficient (Wildman–Crippen LogP) is 3.38. The fourth-order valence-corrected chi connectivity index (χ4v) is 4.23. The second kappa shape index (κ2) is 6.73. The number of benzene rings is 1. The Morgan fingerprint density at radius 1 is 1.19 bits per heavy atom. The first kappa shape index (κ1) is 14.8. The molecule has 1 unspecified atom stereocenters. The summed E-state index contributed by atoms with van der Waals surface area (Å²) in [4.78, 5) is 12.6. The van der Waals surface area contributed by atoms with Gasteiger partial charge in [0.1, 0.15) is 0 Å². The third-order valence-electron chi connectivity index (χ3n) is 4.76. The largest absolute Gasteiger partial charge is 0.385 e. The molecule has 114 valence electrons. The monoisotopic (exact) mass is 304 g/mol. The summed E-state index contributed by atoms with van der Waals surface area (Å²) in [7, 11) is 0. The summed E-state index contributed by atoms with van der Waals surface area (Å²) in [6, 6.07) is 8.57. The molecule has 1 aromatic carbocycles. The molecule has 0 aromatic heterocycles. The molecule has 1 aliphatic carbocycles. The maximum Gasteiger partial charge on any atom is 0.227 e. The fraction of sp³-hybridized carbons (Fsp3) is 0.588. The molecule has 1 amide bonds. The van der Waals surface area contributed by atoms with E-state index >= 15 is 0 Å². The Balaban J connectivity index is 1.62. The summed E-state index contributed by atoms with van der Waals surface area (Å²) in [5.74, 6) is 0.234. The minimum atomic E-state index is 0.0146. The molecule has 1 aromatic rings. The highest BCUT2D eigenvalue weighted by atomic mass is 32.2. The standard InChI is InChI=1S/C17H24N2OS/c1-21-13-8-6-12(7-9-13)19-17(20)15-10-11-18-16-5-3-2-4-14(15)16/h2-5,12-13,15,18H,6-11H2,1H3,(H,19,20). The van der Waals surface area contributed by atoms with Crippen LogP contribution >= 0.6 is 11.8 Å². The third kappa shape index (κ3) is 3.37. The number of nitrogens with one attached hydrogen (secondary N) is 2. The van der Waals surface area contributed by atoms with Gasteiger partial charge in [0.05, 0.1) is 5.92 Å². The molecule has 4 heteroatoms. The summed E-state index contributed by atoms with van der Waals surface area (Å²) in [5.41, 5.74) is 2.27. The van der Waals surface area contributed by atoms with Crippen molar-refractivity contribution in [3.63, 3.8) is 0 Å². The van der Waals surface area contributed by atoms with Crippen LogP contribution in [0.15, 0.2) is 24.3 Å². The van der Waals surface area contributed by atoms with E-state index in [1.165, 1.54) is 12.8 Å². The van der Waals surface area contributed by atoms with Crippen LogP contribution in [0.2, 0.25) is 0 Å². The zero-order valence-corrected chi connectivity index (χ0v) is 13.4. The number of carbonyl (C=O) groups is 1. The zero-order valence-electron chi connectivity index (χ0n) is 12.6. The first-order valence-electron chi connectivity index (χ1n) is 7.94. The van der Waals surface area contributed by atoms with Gasteiger partial charge in [-0.3, -0.25) is 4.79 Å². The highest BCUT2D eigenvalue weighted by molar-refractivity contribution is 7.99. The Labute approximate surface area is 131 Å². The normalized spacial score (nSPS) is 28.3. The summed E-state index contributed by atoms with van der Waals surface area (Å²) in [5, 5.41) is 7.47. The van der Waals surface area contributed by atoms with Crippen LogP contribution in [-0.2, 0) is 4.79 Å². The molecular formula is C17H24N2OS. The van der Waals surface area contributed by atoms with Gasteiger partial charge >= 0.3 is 0 Å². The molecule has 1 fully saturated rings. The summed E-state index contributed by atoms with van der Waals surface area (Å²) in [6.45, 7) is 0.883. The number of carbonyl (C=O) groups excluding carboxylic acids is 1. The fourth-order valence-electron chi connectivity index (χ4n) is 3.49. The highest BCUT2D eigenvalue weighted by Crippen LogP contribution is 2.32. The van der Waals surface area contributed by atoms with Crippen molar-refractivity contribution in [3.8, 4) is 0 Å². The molecule has 3 rings (SSSR count). The van der Waals surface area contributed by atoms with Gasteiger partial charge in [-0.25, -0.2) is 0 Å². The molecule has 2 N–H and O–H groups in total. The number of thioether (sulfide) groups is 1. The van der Waals surface area contributed by atoms with Gasteiger partial charge in [-0.15, -0.1) is 0 Å². The minimum absolute atomic E-state index is 0.0146. The average Bonchev–Trinajstić information content (AvgIpc) is 2.55. The zero-order chi connectivity index (χ0) is 14.7. The van der Waals surface area contributed by atoms with Gasteiger partial charge in [-0.1, -0.05) is 18.2 Å². The Kier molecular flexibility index (Phi) is 4.73. The molecule has 0 saturated heterocycles. The van der Waals surface area contributed by atoms with Crippen LogP contribution in [0, 0.1) is 0 Å². The molecule has 2 aliphatic rings. The van der Waals surface area contributed by atoms with Crippen LogP contribution in [0.4, 0.5) is 5.69 Å². The number of hydrogen-bond donors (Lipinski definition) is 2. The lowest BCUT2D eigenvalue weighted by molar-refractivity contribution is -0.123. The first-order valence-corrected chi connectivity index (χ1v) is 9.22. The van der Waals surface area contributed by atoms with Gasteiger partial charge in [0, 0.05) is 23.5 Å². The Bertz CT molecular complexity index is 497. The van der Waals surface area contributed by atoms with Crippen LogP contribution in [0.25, 0.3) is 0 Å². The SMILES string of the molecule is CSC1CCC(NC(=O)C2CCNc3ccccc32)CC1. The van der Waals surface area contributed by atoms with Gasteiger partial charge in [-0.2, -0.15) is 11.8 Å². The van der Waals surface area contributed by atoms with Gasteiger partial charge in [0.2, 0.25) is 5.91 Å². The Morgan fingerprint density at radius 2 is 1.95 bits per heavy atom. The summed E-state index contributed by atoms with van der Waals surface area (Å²) in [6.07, 6.45) is 7.80. The number of anilines is 1. The van der Waals surface area contributed by atoms with E-state index < -0.39 is 0 Å². The van der Waals surface area contributed by atoms with Crippen molar-refractivity contribution in [2.75, 3.05) is 18.1 Å². The molecule has 0 bridgehead atoms. The van der Waals surface area contributed by atoms with E-state index in [0.29, 0.717) is 6.04 Å². The lowest BCUT2D eigenvalue weighted by atomic mass is 9.89. The van der Waals surface area contributed by atoms with E-state index in [2.05, 4.69) is 29.0 Å². The second-order valence-electron chi connectivity index (χ2n) is 6.07. The van der Waals surface area contributed by atoms with E-state index in [4.69, 9.17) is 0 Å². The molecule has 1 atom stereocenters. The summed E-state index contributed by atoms with van der Waals surface area (Å²) >= 11 is 1.96. The molecule has 1 heterocycles. The van der Waals surface area contributed by atoms with Crippen molar-refractivity contribution in [1.82, 2.24) is 5.32 Å². The van der Waals surface area contributed by atoms with Gasteiger partial charge in [-0.05, 0) is 50.0 Å². The van der Waals surface area contributed by atoms with Crippen LogP contribution in [0.3, 0.4) is 0 Å².